The van der Waals surface area contributed by atoms with Crippen LogP contribution in [0.4, 0.5) is 0 Å². The third-order valence-corrected chi connectivity index (χ3v) is 3.00. The molecule has 1 aromatic heterocycles. The van der Waals surface area contributed by atoms with Crippen LogP contribution in [0.25, 0.3) is 0 Å². The molecule has 6 heteroatoms. The second-order valence-corrected chi connectivity index (χ2v) is 4.92. The summed E-state index contributed by atoms with van der Waals surface area (Å²) in [4.78, 5) is 15.6. The van der Waals surface area contributed by atoms with E-state index in [9.17, 15) is 9.90 Å². The number of aliphatic carboxylic acids is 1. The van der Waals surface area contributed by atoms with Crippen LogP contribution in [0.2, 0.25) is 0 Å². The quantitative estimate of drug-likeness (QED) is 0.780. The lowest BCUT2D eigenvalue weighted by atomic mass is 10.0. The first-order valence-electron chi connectivity index (χ1n) is 5.80. The second kappa shape index (κ2) is 4.10. The van der Waals surface area contributed by atoms with Crippen molar-refractivity contribution in [2.75, 3.05) is 0 Å². The minimum atomic E-state index is -0.980. The van der Waals surface area contributed by atoms with Gasteiger partial charge in [-0.2, -0.15) is 5.10 Å². The van der Waals surface area contributed by atoms with E-state index in [-0.39, 0.29) is 0 Å². The zero-order valence-electron chi connectivity index (χ0n) is 10.4. The molecule has 1 heterocycles. The maximum Gasteiger partial charge on any atom is 0.325 e. The summed E-state index contributed by atoms with van der Waals surface area (Å²) in [5.74, 6) is 0.561. The largest absolute Gasteiger partial charge is 0.480 e. The Balaban J connectivity index is 2.16. The summed E-state index contributed by atoms with van der Waals surface area (Å²) in [5, 5.41) is 16.7. The molecule has 1 aromatic rings. The lowest BCUT2D eigenvalue weighted by Gasteiger charge is -2.26. The van der Waals surface area contributed by atoms with E-state index < -0.39 is 11.5 Å². The van der Waals surface area contributed by atoms with Gasteiger partial charge in [-0.25, -0.2) is 9.67 Å². The van der Waals surface area contributed by atoms with Gasteiger partial charge in [0.05, 0.1) is 6.54 Å². The van der Waals surface area contributed by atoms with Gasteiger partial charge in [0.25, 0.3) is 0 Å². The van der Waals surface area contributed by atoms with Crippen LogP contribution in [-0.2, 0) is 11.3 Å². The molecule has 1 fully saturated rings. The highest BCUT2D eigenvalue weighted by Gasteiger charge is 2.39. The highest BCUT2D eigenvalue weighted by atomic mass is 16.4. The molecule has 1 unspecified atom stereocenters. The second-order valence-electron chi connectivity index (χ2n) is 4.92. The fraction of sp³-hybridized carbons (Fsp3) is 0.727. The molecule has 94 valence electrons. The van der Waals surface area contributed by atoms with Gasteiger partial charge in [-0.05, 0) is 33.6 Å². The zero-order valence-corrected chi connectivity index (χ0v) is 10.4. The van der Waals surface area contributed by atoms with Gasteiger partial charge in [0.1, 0.15) is 17.2 Å². The Bertz CT molecular complexity index is 439. The van der Waals surface area contributed by atoms with E-state index in [0.717, 1.165) is 18.7 Å². The fourth-order valence-corrected chi connectivity index (χ4v) is 1.86. The van der Waals surface area contributed by atoms with Crippen molar-refractivity contribution in [1.29, 1.82) is 0 Å². The molecule has 1 saturated carbocycles. The number of hydrogen-bond donors (Lipinski definition) is 2. The minimum Gasteiger partial charge on any atom is -0.480 e. The van der Waals surface area contributed by atoms with Crippen molar-refractivity contribution in [3.05, 3.63) is 11.6 Å². The van der Waals surface area contributed by atoms with Crippen LogP contribution in [-0.4, -0.2) is 37.4 Å². The molecule has 0 bridgehead atoms. The predicted molar refractivity (Wildman–Crippen MR) is 61.7 cm³/mol. The maximum absolute atomic E-state index is 11.4. The number of aromatic nitrogens is 3. The molecule has 0 amide bonds. The molecule has 2 N–H and O–H groups in total. The number of carboxylic acid groups (broad SMARTS) is 1. The number of carbonyl (C=O) groups is 1. The molecule has 1 aliphatic carbocycles. The molecule has 0 spiro atoms. The van der Waals surface area contributed by atoms with Gasteiger partial charge in [0.2, 0.25) is 0 Å². The summed E-state index contributed by atoms with van der Waals surface area (Å²) in [6, 6.07) is 0.334. The lowest BCUT2D eigenvalue weighted by Crippen LogP contribution is -2.53. The number of rotatable bonds is 5. The van der Waals surface area contributed by atoms with Crippen LogP contribution < -0.4 is 5.32 Å². The SMILES string of the molecule is Cc1nc(C)n(CC(C)(NC2CC2)C(=O)O)n1. The lowest BCUT2D eigenvalue weighted by molar-refractivity contribution is -0.145. The molecule has 17 heavy (non-hydrogen) atoms. The molecular formula is C11H18N4O2. The molecule has 0 aliphatic heterocycles. The standard InChI is InChI=1S/C11H18N4O2/c1-7-12-8(2)15(14-7)6-11(3,10(16)17)13-9-4-5-9/h9,13H,4-6H2,1-3H3,(H,16,17). The van der Waals surface area contributed by atoms with Crippen LogP contribution in [0.5, 0.6) is 0 Å². The first-order valence-corrected chi connectivity index (χ1v) is 5.80. The van der Waals surface area contributed by atoms with Gasteiger partial charge in [0, 0.05) is 6.04 Å². The van der Waals surface area contributed by atoms with E-state index >= 15 is 0 Å². The summed E-state index contributed by atoms with van der Waals surface area (Å²) >= 11 is 0. The Morgan fingerprint density at radius 1 is 1.59 bits per heavy atom. The smallest absolute Gasteiger partial charge is 0.325 e. The molecule has 0 aromatic carbocycles. The van der Waals surface area contributed by atoms with Gasteiger partial charge >= 0.3 is 5.97 Å². The topological polar surface area (TPSA) is 80.0 Å². The molecule has 2 rings (SSSR count). The number of nitrogens with zero attached hydrogens (tertiary/aromatic N) is 3. The fourth-order valence-electron chi connectivity index (χ4n) is 1.86. The van der Waals surface area contributed by atoms with E-state index in [0.29, 0.717) is 18.4 Å². The Labute approximate surface area is 100 Å². The zero-order chi connectivity index (χ0) is 12.6. The summed E-state index contributed by atoms with van der Waals surface area (Å²) < 4.78 is 1.65. The monoisotopic (exact) mass is 238 g/mol. The van der Waals surface area contributed by atoms with Crippen LogP contribution in [0.1, 0.15) is 31.4 Å². The van der Waals surface area contributed by atoms with Crippen molar-refractivity contribution >= 4 is 5.97 Å². The summed E-state index contributed by atoms with van der Waals surface area (Å²) in [5.41, 5.74) is -0.980. The van der Waals surface area contributed by atoms with Crippen molar-refractivity contribution in [2.45, 2.75) is 51.7 Å². The van der Waals surface area contributed by atoms with Gasteiger partial charge in [-0.1, -0.05) is 0 Å². The summed E-state index contributed by atoms with van der Waals surface area (Å²) in [7, 11) is 0. The highest BCUT2D eigenvalue weighted by Crippen LogP contribution is 2.23. The predicted octanol–water partition coefficient (Wildman–Crippen LogP) is 0.490. The number of aryl methyl sites for hydroxylation is 2. The van der Waals surface area contributed by atoms with Crippen LogP contribution >= 0.6 is 0 Å². The number of carboxylic acids is 1. The van der Waals surface area contributed by atoms with E-state index in [1.54, 1.807) is 18.5 Å². The average molecular weight is 238 g/mol. The molecule has 6 nitrogen and oxygen atoms in total. The highest BCUT2D eigenvalue weighted by molar-refractivity contribution is 5.78. The summed E-state index contributed by atoms with van der Waals surface area (Å²) in [6.07, 6.45) is 2.11. The van der Waals surface area contributed by atoms with Crippen molar-refractivity contribution in [1.82, 2.24) is 20.1 Å². The molecule has 1 aliphatic rings. The van der Waals surface area contributed by atoms with Gasteiger partial charge in [-0.3, -0.25) is 10.1 Å². The van der Waals surface area contributed by atoms with Crippen molar-refractivity contribution < 1.29 is 9.90 Å². The van der Waals surface area contributed by atoms with E-state index in [2.05, 4.69) is 15.4 Å². The third kappa shape index (κ3) is 2.63. The maximum atomic E-state index is 11.4. The summed E-state index contributed by atoms with van der Waals surface area (Å²) in [6.45, 7) is 5.63. The minimum absolute atomic E-state index is 0.297. The van der Waals surface area contributed by atoms with Gasteiger partial charge < -0.3 is 5.11 Å². The molecule has 1 atom stereocenters. The molecule has 0 radical (unpaired) electrons. The first kappa shape index (κ1) is 12.0. The van der Waals surface area contributed by atoms with Gasteiger partial charge in [-0.15, -0.1) is 0 Å². The van der Waals surface area contributed by atoms with Crippen LogP contribution in [0, 0.1) is 13.8 Å². The van der Waals surface area contributed by atoms with E-state index in [1.807, 2.05) is 6.92 Å². The van der Waals surface area contributed by atoms with Crippen LogP contribution in [0.3, 0.4) is 0 Å². The molecular weight excluding hydrogens is 220 g/mol. The number of hydrogen-bond acceptors (Lipinski definition) is 4. The normalized spacial score (nSPS) is 19.0. The van der Waals surface area contributed by atoms with Gasteiger partial charge in [0.15, 0.2) is 0 Å². The van der Waals surface area contributed by atoms with Crippen molar-refractivity contribution in [2.24, 2.45) is 0 Å². The Kier molecular flexibility index (Phi) is 2.91. The van der Waals surface area contributed by atoms with Crippen molar-refractivity contribution in [3.8, 4) is 0 Å². The van der Waals surface area contributed by atoms with Crippen molar-refractivity contribution in [3.63, 3.8) is 0 Å². The first-order chi connectivity index (χ1) is 7.90. The Morgan fingerprint density at radius 3 is 2.65 bits per heavy atom. The van der Waals surface area contributed by atoms with Crippen LogP contribution in [0.15, 0.2) is 0 Å². The number of nitrogens with one attached hydrogen (secondary N) is 1. The van der Waals surface area contributed by atoms with E-state index in [4.69, 9.17) is 0 Å². The molecule has 0 saturated heterocycles. The average Bonchev–Trinajstić information content (AvgIpc) is 2.94. The Hall–Kier alpha value is -1.43. The Morgan fingerprint density at radius 2 is 2.24 bits per heavy atom. The van der Waals surface area contributed by atoms with E-state index in [1.165, 1.54) is 0 Å². The third-order valence-electron chi connectivity index (χ3n) is 3.00.